The summed E-state index contributed by atoms with van der Waals surface area (Å²) in [5.74, 6) is -0.851. The predicted octanol–water partition coefficient (Wildman–Crippen LogP) is 3.44. The summed E-state index contributed by atoms with van der Waals surface area (Å²) in [6, 6.07) is 17.3. The molecule has 2 aromatic carbocycles. The van der Waals surface area contributed by atoms with Crippen molar-refractivity contribution in [3.05, 3.63) is 66.9 Å². The number of rotatable bonds is 7. The summed E-state index contributed by atoms with van der Waals surface area (Å²) in [5.41, 5.74) is 3.11. The molecule has 0 heterocycles. The summed E-state index contributed by atoms with van der Waals surface area (Å²) >= 11 is 0. The summed E-state index contributed by atoms with van der Waals surface area (Å²) in [4.78, 5) is 14.0. The molecule has 0 bridgehead atoms. The van der Waals surface area contributed by atoms with Gasteiger partial charge in [-0.3, -0.25) is 4.79 Å². The second kappa shape index (κ2) is 8.35. The molecule has 3 N–H and O–H groups in total. The van der Waals surface area contributed by atoms with E-state index in [1.54, 1.807) is 25.9 Å². The predicted molar refractivity (Wildman–Crippen MR) is 103 cm³/mol. The van der Waals surface area contributed by atoms with Crippen LogP contribution in [0.3, 0.4) is 0 Å². The number of carbonyl (C=O) groups is 1. The number of likely N-dealkylation sites (N-methyl/N-ethyl adjacent to an activating group) is 1. The Hall–Kier alpha value is -2.79. The first-order valence-corrected chi connectivity index (χ1v) is 8.15. The number of benzene rings is 2. The zero-order chi connectivity index (χ0) is 18.4. The lowest BCUT2D eigenvalue weighted by Gasteiger charge is -2.25. The van der Waals surface area contributed by atoms with E-state index in [1.165, 1.54) is 0 Å². The number of para-hydroxylation sites is 1. The molecule has 0 saturated carbocycles. The molecule has 132 valence electrons. The number of carbonyl (C=O) groups excluding carboxylic acids is 1. The minimum absolute atomic E-state index is 0.251. The summed E-state index contributed by atoms with van der Waals surface area (Å²) in [6.07, 6.45) is -0.922. The van der Waals surface area contributed by atoms with Crippen molar-refractivity contribution in [2.45, 2.75) is 13.0 Å². The van der Waals surface area contributed by atoms with Crippen LogP contribution in [0.5, 0.6) is 0 Å². The molecular formula is C20H25N3O2. The van der Waals surface area contributed by atoms with Gasteiger partial charge in [0.15, 0.2) is 0 Å². The highest BCUT2D eigenvalue weighted by molar-refractivity contribution is 5.93. The third-order valence-corrected chi connectivity index (χ3v) is 4.02. The van der Waals surface area contributed by atoms with E-state index in [0.717, 1.165) is 11.4 Å². The lowest BCUT2D eigenvalue weighted by molar-refractivity contribution is -0.122. The molecule has 5 nitrogen and oxygen atoms in total. The van der Waals surface area contributed by atoms with E-state index in [-0.39, 0.29) is 5.91 Å². The first-order chi connectivity index (χ1) is 11.9. The summed E-state index contributed by atoms with van der Waals surface area (Å²) in [5, 5.41) is 16.3. The largest absolute Gasteiger partial charge is 0.386 e. The van der Waals surface area contributed by atoms with Crippen molar-refractivity contribution in [2.24, 2.45) is 5.92 Å². The van der Waals surface area contributed by atoms with E-state index in [1.807, 2.05) is 54.6 Å². The number of amides is 1. The molecule has 0 spiro atoms. The maximum absolute atomic E-state index is 12.3. The molecule has 0 radical (unpaired) electrons. The van der Waals surface area contributed by atoms with Gasteiger partial charge in [-0.1, -0.05) is 31.7 Å². The smallest absolute Gasteiger partial charge is 0.230 e. The van der Waals surface area contributed by atoms with Crippen LogP contribution in [-0.4, -0.2) is 36.1 Å². The molecule has 25 heavy (non-hydrogen) atoms. The monoisotopic (exact) mass is 339 g/mol. The molecule has 0 fully saturated rings. The Labute approximate surface area is 149 Å². The Balaban J connectivity index is 1.96. The average molecular weight is 339 g/mol. The molecule has 0 aromatic heterocycles. The second-order valence-electron chi connectivity index (χ2n) is 6.18. The molecule has 0 saturated heterocycles. The van der Waals surface area contributed by atoms with Gasteiger partial charge < -0.3 is 20.6 Å². The van der Waals surface area contributed by atoms with E-state index in [4.69, 9.17) is 0 Å². The zero-order valence-corrected chi connectivity index (χ0v) is 14.9. The summed E-state index contributed by atoms with van der Waals surface area (Å²) in [7, 11) is 3.57. The Kier molecular flexibility index (Phi) is 6.19. The van der Waals surface area contributed by atoms with Crippen LogP contribution in [-0.2, 0) is 4.79 Å². The molecule has 1 amide bonds. The first-order valence-electron chi connectivity index (χ1n) is 8.15. The molecule has 5 heteroatoms. The van der Waals surface area contributed by atoms with Crippen molar-refractivity contribution in [3.63, 3.8) is 0 Å². The van der Waals surface area contributed by atoms with Crippen LogP contribution >= 0.6 is 0 Å². The van der Waals surface area contributed by atoms with Crippen molar-refractivity contribution in [2.75, 3.05) is 24.7 Å². The Morgan fingerprint density at radius 1 is 1.00 bits per heavy atom. The SMILES string of the molecule is C=C(C(O)C(C)C(=O)Nc1ccc(Nc2ccccc2)cc1)N(C)C. The second-order valence-corrected chi connectivity index (χ2v) is 6.18. The fourth-order valence-electron chi connectivity index (χ4n) is 2.28. The van der Waals surface area contributed by atoms with Gasteiger partial charge in [-0.15, -0.1) is 0 Å². The minimum atomic E-state index is -0.922. The van der Waals surface area contributed by atoms with Crippen molar-refractivity contribution < 1.29 is 9.90 Å². The van der Waals surface area contributed by atoms with Crippen LogP contribution in [0, 0.1) is 5.92 Å². The van der Waals surface area contributed by atoms with E-state index < -0.39 is 12.0 Å². The van der Waals surface area contributed by atoms with Gasteiger partial charge in [0.1, 0.15) is 6.10 Å². The van der Waals surface area contributed by atoms with E-state index in [2.05, 4.69) is 17.2 Å². The van der Waals surface area contributed by atoms with Gasteiger partial charge in [0, 0.05) is 36.9 Å². The fourth-order valence-corrected chi connectivity index (χ4v) is 2.28. The highest BCUT2D eigenvalue weighted by Crippen LogP contribution is 2.20. The molecule has 2 unspecified atom stereocenters. The average Bonchev–Trinajstić information content (AvgIpc) is 2.62. The highest BCUT2D eigenvalue weighted by atomic mass is 16.3. The number of hydrogen-bond donors (Lipinski definition) is 3. The Bertz CT molecular complexity index is 711. The normalized spacial score (nSPS) is 12.8. The first kappa shape index (κ1) is 18.5. The fraction of sp³-hybridized carbons (Fsp3) is 0.250. The molecule has 2 aromatic rings. The zero-order valence-electron chi connectivity index (χ0n) is 14.9. The molecule has 0 aliphatic heterocycles. The van der Waals surface area contributed by atoms with Crippen molar-refractivity contribution in [1.82, 2.24) is 4.90 Å². The molecule has 2 rings (SSSR count). The molecule has 2 atom stereocenters. The van der Waals surface area contributed by atoms with Crippen molar-refractivity contribution >= 4 is 23.0 Å². The van der Waals surface area contributed by atoms with Gasteiger partial charge in [-0.25, -0.2) is 0 Å². The maximum Gasteiger partial charge on any atom is 0.230 e. The molecular weight excluding hydrogens is 314 g/mol. The van der Waals surface area contributed by atoms with Crippen LogP contribution in [0.2, 0.25) is 0 Å². The van der Waals surface area contributed by atoms with E-state index >= 15 is 0 Å². The molecule has 0 aliphatic rings. The van der Waals surface area contributed by atoms with Crippen LogP contribution < -0.4 is 10.6 Å². The van der Waals surface area contributed by atoms with E-state index in [9.17, 15) is 9.90 Å². The van der Waals surface area contributed by atoms with Crippen LogP contribution in [0.4, 0.5) is 17.1 Å². The van der Waals surface area contributed by atoms with Gasteiger partial charge in [0.25, 0.3) is 0 Å². The standard InChI is InChI=1S/C20H25N3O2/c1-14(19(24)15(2)23(3)4)20(25)22-18-12-10-17(11-13-18)21-16-8-6-5-7-9-16/h5-14,19,21,24H,2H2,1,3-4H3,(H,22,25). The number of aliphatic hydroxyl groups excluding tert-OH is 1. The van der Waals surface area contributed by atoms with Gasteiger partial charge in [-0.2, -0.15) is 0 Å². The summed E-state index contributed by atoms with van der Waals surface area (Å²) in [6.45, 7) is 5.48. The van der Waals surface area contributed by atoms with Gasteiger partial charge in [-0.05, 0) is 36.4 Å². The number of hydrogen-bond acceptors (Lipinski definition) is 4. The maximum atomic E-state index is 12.3. The topological polar surface area (TPSA) is 64.6 Å². The Morgan fingerprint density at radius 2 is 1.52 bits per heavy atom. The summed E-state index contributed by atoms with van der Waals surface area (Å²) < 4.78 is 0. The lowest BCUT2D eigenvalue weighted by atomic mass is 10.0. The number of aliphatic hydroxyl groups is 1. The van der Waals surface area contributed by atoms with Gasteiger partial charge >= 0.3 is 0 Å². The quantitative estimate of drug-likeness (QED) is 0.723. The highest BCUT2D eigenvalue weighted by Gasteiger charge is 2.25. The van der Waals surface area contributed by atoms with Crippen molar-refractivity contribution in [1.29, 1.82) is 0 Å². The number of nitrogens with zero attached hydrogens (tertiary/aromatic N) is 1. The van der Waals surface area contributed by atoms with Crippen molar-refractivity contribution in [3.8, 4) is 0 Å². The van der Waals surface area contributed by atoms with Gasteiger partial charge in [0.2, 0.25) is 5.91 Å². The molecule has 0 aliphatic carbocycles. The third kappa shape index (κ3) is 5.09. The van der Waals surface area contributed by atoms with Gasteiger partial charge in [0.05, 0.1) is 5.92 Å². The van der Waals surface area contributed by atoms with Crippen LogP contribution in [0.15, 0.2) is 66.9 Å². The minimum Gasteiger partial charge on any atom is -0.386 e. The van der Waals surface area contributed by atoms with Crippen LogP contribution in [0.25, 0.3) is 0 Å². The number of anilines is 3. The van der Waals surface area contributed by atoms with Crippen LogP contribution in [0.1, 0.15) is 6.92 Å². The third-order valence-electron chi connectivity index (χ3n) is 4.02. The van der Waals surface area contributed by atoms with E-state index in [0.29, 0.717) is 11.4 Å². The number of nitrogens with one attached hydrogen (secondary N) is 2. The Morgan fingerprint density at radius 3 is 2.08 bits per heavy atom. The lowest BCUT2D eigenvalue weighted by Crippen LogP contribution is -2.35.